The number of aromatic amines is 1. The molecule has 1 amide bonds. The van der Waals surface area contributed by atoms with E-state index in [1.165, 1.54) is 27.9 Å². The Labute approximate surface area is 179 Å². The van der Waals surface area contributed by atoms with Crippen LogP contribution in [-0.4, -0.2) is 27.9 Å². The first kappa shape index (κ1) is 18.5. The monoisotopic (exact) mass is 449 g/mol. The zero-order chi connectivity index (χ0) is 20.0. The molecule has 0 fully saturated rings. The second-order valence-corrected chi connectivity index (χ2v) is 9.22. The molecule has 1 aromatic heterocycles. The Bertz CT molecular complexity index is 1030. The van der Waals surface area contributed by atoms with Crippen LogP contribution in [0.15, 0.2) is 65.4 Å². The Hall–Kier alpha value is -2.53. The van der Waals surface area contributed by atoms with Crippen molar-refractivity contribution in [3.05, 3.63) is 87.7 Å². The van der Waals surface area contributed by atoms with Crippen molar-refractivity contribution in [2.75, 3.05) is 11.4 Å². The van der Waals surface area contributed by atoms with Crippen LogP contribution in [0.5, 0.6) is 0 Å². The molecule has 1 aliphatic heterocycles. The first-order valence-corrected chi connectivity index (χ1v) is 10.8. The lowest BCUT2D eigenvalue weighted by Gasteiger charge is -2.42. The third kappa shape index (κ3) is 3.27. The molecule has 0 atom stereocenters. The lowest BCUT2D eigenvalue weighted by atomic mass is 9.92. The SMILES string of the molecule is CC(=O)N1Cc2cc(Br)ccc2N(Cc2cc[nH]c2)CC12Cc1ccccc1C2. The number of anilines is 1. The third-order valence-corrected chi connectivity index (χ3v) is 6.84. The molecule has 2 heterocycles. The van der Waals surface area contributed by atoms with Gasteiger partial charge in [0, 0.05) is 49.1 Å². The molecule has 0 bridgehead atoms. The number of H-pyrrole nitrogens is 1. The number of amides is 1. The molecule has 0 radical (unpaired) electrons. The molecule has 0 saturated heterocycles. The normalized spacial score (nSPS) is 17.2. The average molecular weight is 450 g/mol. The van der Waals surface area contributed by atoms with Gasteiger partial charge in [0.1, 0.15) is 0 Å². The molecule has 4 nitrogen and oxygen atoms in total. The van der Waals surface area contributed by atoms with Crippen molar-refractivity contribution in [3.8, 4) is 0 Å². The molecule has 5 rings (SSSR count). The van der Waals surface area contributed by atoms with Gasteiger partial charge in [-0.3, -0.25) is 4.79 Å². The van der Waals surface area contributed by atoms with Gasteiger partial charge in [0.05, 0.1) is 5.54 Å². The number of halogens is 1. The maximum absolute atomic E-state index is 12.9. The highest BCUT2D eigenvalue weighted by molar-refractivity contribution is 9.10. The zero-order valence-corrected chi connectivity index (χ0v) is 18.1. The van der Waals surface area contributed by atoms with E-state index in [0.717, 1.165) is 30.4 Å². The molecular weight excluding hydrogens is 426 g/mol. The van der Waals surface area contributed by atoms with Crippen molar-refractivity contribution < 1.29 is 4.79 Å². The number of hydrogen-bond acceptors (Lipinski definition) is 2. The van der Waals surface area contributed by atoms with Gasteiger partial charge in [-0.1, -0.05) is 40.2 Å². The van der Waals surface area contributed by atoms with Crippen molar-refractivity contribution in [3.63, 3.8) is 0 Å². The summed E-state index contributed by atoms with van der Waals surface area (Å²) in [6.07, 6.45) is 5.84. The predicted molar refractivity (Wildman–Crippen MR) is 119 cm³/mol. The quantitative estimate of drug-likeness (QED) is 0.616. The number of rotatable bonds is 2. The smallest absolute Gasteiger partial charge is 0.220 e. The number of nitrogens with one attached hydrogen (secondary N) is 1. The van der Waals surface area contributed by atoms with Crippen LogP contribution in [0.3, 0.4) is 0 Å². The maximum Gasteiger partial charge on any atom is 0.220 e. The van der Waals surface area contributed by atoms with E-state index in [1.807, 2.05) is 6.20 Å². The van der Waals surface area contributed by atoms with E-state index >= 15 is 0 Å². The van der Waals surface area contributed by atoms with E-state index in [1.54, 1.807) is 6.92 Å². The fourth-order valence-electron chi connectivity index (χ4n) is 5.09. The fourth-order valence-corrected chi connectivity index (χ4v) is 5.50. The minimum Gasteiger partial charge on any atom is -0.367 e. The third-order valence-electron chi connectivity index (χ3n) is 6.34. The van der Waals surface area contributed by atoms with Crippen LogP contribution in [0.4, 0.5) is 5.69 Å². The number of benzene rings is 2. The van der Waals surface area contributed by atoms with Crippen LogP contribution in [0.1, 0.15) is 29.2 Å². The summed E-state index contributed by atoms with van der Waals surface area (Å²) >= 11 is 3.62. The van der Waals surface area contributed by atoms with Gasteiger partial charge >= 0.3 is 0 Å². The lowest BCUT2D eigenvalue weighted by molar-refractivity contribution is -0.135. The number of aromatic nitrogens is 1. The summed E-state index contributed by atoms with van der Waals surface area (Å²) in [5.41, 5.74) is 6.17. The molecule has 3 aromatic rings. The number of hydrogen-bond donors (Lipinski definition) is 1. The largest absolute Gasteiger partial charge is 0.367 e. The lowest BCUT2D eigenvalue weighted by Crippen LogP contribution is -2.56. The number of carbonyl (C=O) groups is 1. The van der Waals surface area contributed by atoms with Crippen molar-refractivity contribution in [2.45, 2.75) is 38.4 Å². The van der Waals surface area contributed by atoms with Gasteiger partial charge in [0.25, 0.3) is 0 Å². The molecule has 148 valence electrons. The molecule has 0 unspecified atom stereocenters. The number of fused-ring (bicyclic) bond motifs is 2. The summed E-state index contributed by atoms with van der Waals surface area (Å²) in [4.78, 5) is 20.6. The Kier molecular flexibility index (Phi) is 4.50. The van der Waals surface area contributed by atoms with E-state index in [9.17, 15) is 4.79 Å². The van der Waals surface area contributed by atoms with Gasteiger partial charge in [-0.05, 0) is 59.4 Å². The van der Waals surface area contributed by atoms with E-state index in [-0.39, 0.29) is 11.4 Å². The Morgan fingerprint density at radius 3 is 2.52 bits per heavy atom. The Balaban J connectivity index is 1.61. The summed E-state index contributed by atoms with van der Waals surface area (Å²) in [5.74, 6) is 0.146. The molecule has 1 N–H and O–H groups in total. The highest BCUT2D eigenvalue weighted by atomic mass is 79.9. The van der Waals surface area contributed by atoms with Crippen LogP contribution < -0.4 is 4.90 Å². The van der Waals surface area contributed by atoms with E-state index in [2.05, 4.69) is 85.4 Å². The van der Waals surface area contributed by atoms with E-state index in [4.69, 9.17) is 0 Å². The molecule has 0 saturated carbocycles. The Morgan fingerprint density at radius 1 is 1.10 bits per heavy atom. The summed E-state index contributed by atoms with van der Waals surface area (Å²) in [6, 6.07) is 17.2. The highest BCUT2D eigenvalue weighted by Gasteiger charge is 2.46. The van der Waals surface area contributed by atoms with Crippen LogP contribution in [0.2, 0.25) is 0 Å². The second-order valence-electron chi connectivity index (χ2n) is 8.30. The Morgan fingerprint density at radius 2 is 1.86 bits per heavy atom. The van der Waals surface area contributed by atoms with E-state index < -0.39 is 0 Å². The van der Waals surface area contributed by atoms with Crippen molar-refractivity contribution in [1.82, 2.24) is 9.88 Å². The molecule has 1 spiro atoms. The van der Waals surface area contributed by atoms with Gasteiger partial charge in [-0.25, -0.2) is 0 Å². The highest BCUT2D eigenvalue weighted by Crippen LogP contribution is 2.41. The molecule has 2 aromatic carbocycles. The first-order valence-electron chi connectivity index (χ1n) is 10.0. The van der Waals surface area contributed by atoms with Crippen LogP contribution in [0, 0.1) is 0 Å². The minimum atomic E-state index is -0.225. The summed E-state index contributed by atoms with van der Waals surface area (Å²) in [6.45, 7) is 4.00. The number of nitrogens with zero attached hydrogens (tertiary/aromatic N) is 2. The first-order chi connectivity index (χ1) is 14.0. The average Bonchev–Trinajstić information content (AvgIpc) is 3.30. The molecule has 29 heavy (non-hydrogen) atoms. The van der Waals surface area contributed by atoms with Gasteiger partial charge < -0.3 is 14.8 Å². The molecular formula is C24H24BrN3O. The van der Waals surface area contributed by atoms with Crippen LogP contribution in [0.25, 0.3) is 0 Å². The predicted octanol–water partition coefficient (Wildman–Crippen LogP) is 4.68. The van der Waals surface area contributed by atoms with Crippen molar-refractivity contribution in [1.29, 1.82) is 0 Å². The van der Waals surface area contributed by atoms with Gasteiger partial charge in [-0.15, -0.1) is 0 Å². The van der Waals surface area contributed by atoms with Gasteiger partial charge in [-0.2, -0.15) is 0 Å². The summed E-state index contributed by atoms with van der Waals surface area (Å²) < 4.78 is 1.05. The summed E-state index contributed by atoms with van der Waals surface area (Å²) in [5, 5.41) is 0. The van der Waals surface area contributed by atoms with Crippen LogP contribution in [-0.2, 0) is 30.7 Å². The second kappa shape index (κ2) is 7.06. The van der Waals surface area contributed by atoms with Gasteiger partial charge in [0.15, 0.2) is 0 Å². The van der Waals surface area contributed by atoms with Gasteiger partial charge in [0.2, 0.25) is 5.91 Å². The fraction of sp³-hybridized carbons (Fsp3) is 0.292. The topological polar surface area (TPSA) is 39.3 Å². The standard InChI is InChI=1S/C24H24BrN3O/c1-17(29)28-15-21-10-22(25)6-7-23(21)27(14-18-8-9-26-13-18)16-24(28)11-19-4-2-3-5-20(19)12-24/h2-10,13,26H,11-12,14-16H2,1H3. The van der Waals surface area contributed by atoms with E-state index in [0.29, 0.717) is 6.54 Å². The molecule has 1 aliphatic carbocycles. The summed E-state index contributed by atoms with van der Waals surface area (Å²) in [7, 11) is 0. The van der Waals surface area contributed by atoms with Crippen LogP contribution >= 0.6 is 15.9 Å². The van der Waals surface area contributed by atoms with Crippen molar-refractivity contribution in [2.24, 2.45) is 0 Å². The van der Waals surface area contributed by atoms with Crippen molar-refractivity contribution >= 4 is 27.5 Å². The number of carbonyl (C=O) groups excluding carboxylic acids is 1. The minimum absolute atomic E-state index is 0.146. The zero-order valence-electron chi connectivity index (χ0n) is 16.5. The molecule has 5 heteroatoms. The maximum atomic E-state index is 12.9. The molecule has 2 aliphatic rings.